The van der Waals surface area contributed by atoms with Gasteiger partial charge in [0.15, 0.2) is 8.32 Å². The topological polar surface area (TPSA) is 9.23 Å². The van der Waals surface area contributed by atoms with E-state index in [-0.39, 0.29) is 5.60 Å². The highest BCUT2D eigenvalue weighted by Crippen LogP contribution is 2.26. The quantitative estimate of drug-likeness (QED) is 0.469. The molecule has 15 heavy (non-hydrogen) atoms. The van der Waals surface area contributed by atoms with Crippen molar-refractivity contribution in [2.75, 3.05) is 0 Å². The second kappa shape index (κ2) is 6.87. The number of unbranched alkanes of at least 4 members (excludes halogenated alkanes) is 2. The summed E-state index contributed by atoms with van der Waals surface area (Å²) in [7, 11) is -1.46. The van der Waals surface area contributed by atoms with E-state index in [1.165, 1.54) is 19.3 Å². The zero-order chi connectivity index (χ0) is 11.9. The molecule has 0 bridgehead atoms. The van der Waals surface area contributed by atoms with Crippen LogP contribution in [-0.4, -0.2) is 13.9 Å². The molecule has 3 heteroatoms. The normalized spacial score (nSPS) is 16.9. The van der Waals surface area contributed by atoms with Crippen molar-refractivity contribution in [3.05, 3.63) is 11.1 Å². The van der Waals surface area contributed by atoms with E-state index in [0.29, 0.717) is 0 Å². The van der Waals surface area contributed by atoms with E-state index in [1.54, 1.807) is 0 Å². The molecular formula is C12H25BrOSi. The first-order valence-electron chi connectivity index (χ1n) is 5.81. The molecule has 0 aliphatic heterocycles. The smallest absolute Gasteiger partial charge is 0.184 e. The second-order valence-corrected chi connectivity index (χ2v) is 10.2. The summed E-state index contributed by atoms with van der Waals surface area (Å²) in [4.78, 5) is 1.93. The Kier molecular flexibility index (Phi) is 7.05. The number of halogens is 1. The van der Waals surface area contributed by atoms with E-state index in [9.17, 15) is 0 Å². The van der Waals surface area contributed by atoms with Gasteiger partial charge in [-0.15, -0.1) is 0 Å². The van der Waals surface area contributed by atoms with Crippen LogP contribution >= 0.6 is 15.9 Å². The Morgan fingerprint density at radius 1 is 1.27 bits per heavy atom. The Hall–Kier alpha value is 0.397. The van der Waals surface area contributed by atoms with E-state index in [0.717, 1.165) is 6.42 Å². The van der Waals surface area contributed by atoms with E-state index >= 15 is 0 Å². The summed E-state index contributed by atoms with van der Waals surface area (Å²) in [6.45, 7) is 11.2. The lowest BCUT2D eigenvalue weighted by atomic mass is 9.99. The second-order valence-electron chi connectivity index (χ2n) is 5.28. The molecule has 0 aliphatic rings. The Morgan fingerprint density at radius 3 is 2.27 bits per heavy atom. The third-order valence-corrected chi connectivity index (χ3v) is 3.57. The maximum atomic E-state index is 6.23. The zero-order valence-corrected chi connectivity index (χ0v) is 13.4. The Bertz CT molecular complexity index is 198. The van der Waals surface area contributed by atoms with Crippen LogP contribution in [0.3, 0.4) is 0 Å². The summed E-state index contributed by atoms with van der Waals surface area (Å²) in [5.74, 6) is 0. The van der Waals surface area contributed by atoms with Gasteiger partial charge in [-0.25, -0.2) is 0 Å². The third-order valence-electron chi connectivity index (χ3n) is 2.23. The molecule has 0 aromatic rings. The fraction of sp³-hybridized carbons (Fsp3) is 0.833. The van der Waals surface area contributed by atoms with Crippen molar-refractivity contribution in [1.82, 2.24) is 0 Å². The molecule has 1 unspecified atom stereocenters. The fourth-order valence-electron chi connectivity index (χ4n) is 1.73. The van der Waals surface area contributed by atoms with Gasteiger partial charge in [0.1, 0.15) is 0 Å². The summed E-state index contributed by atoms with van der Waals surface area (Å²) < 4.78 is 6.23. The van der Waals surface area contributed by atoms with Crippen molar-refractivity contribution in [3.63, 3.8) is 0 Å². The first-order valence-corrected chi connectivity index (χ1v) is 10.1. The Balaban J connectivity index is 4.32. The largest absolute Gasteiger partial charge is 0.409 e. The fourth-order valence-corrected chi connectivity index (χ4v) is 3.86. The van der Waals surface area contributed by atoms with Crippen molar-refractivity contribution in [2.24, 2.45) is 0 Å². The predicted molar refractivity (Wildman–Crippen MR) is 75.0 cm³/mol. The molecule has 1 nitrogen and oxygen atoms in total. The van der Waals surface area contributed by atoms with E-state index in [2.05, 4.69) is 55.5 Å². The molecule has 0 radical (unpaired) electrons. The predicted octanol–water partition coefficient (Wildman–Crippen LogP) is 5.09. The van der Waals surface area contributed by atoms with Gasteiger partial charge in [0.2, 0.25) is 0 Å². The summed E-state index contributed by atoms with van der Waals surface area (Å²) in [6.07, 6.45) is 7.06. The van der Waals surface area contributed by atoms with Gasteiger partial charge in [-0.3, -0.25) is 0 Å². The van der Waals surface area contributed by atoms with Gasteiger partial charge in [-0.05, 0) is 44.0 Å². The van der Waals surface area contributed by atoms with Gasteiger partial charge in [0.05, 0.1) is 5.60 Å². The van der Waals surface area contributed by atoms with Gasteiger partial charge in [-0.2, -0.15) is 0 Å². The molecule has 0 aliphatic carbocycles. The highest BCUT2D eigenvalue weighted by molar-refractivity contribution is 9.11. The summed E-state index contributed by atoms with van der Waals surface area (Å²) in [5.41, 5.74) is -0.0802. The van der Waals surface area contributed by atoms with Crippen molar-refractivity contribution in [2.45, 2.75) is 64.8 Å². The standard InChI is InChI=1S/C12H25BrOSi/c1-6-7-8-9-12(2,10-11-13)14-15(3,4)5/h10-11H,6-9H2,1-5H3. The monoisotopic (exact) mass is 292 g/mol. The molecule has 90 valence electrons. The molecular weight excluding hydrogens is 268 g/mol. The van der Waals surface area contributed by atoms with Crippen LogP contribution in [0.5, 0.6) is 0 Å². The molecule has 0 saturated heterocycles. The van der Waals surface area contributed by atoms with Gasteiger partial charge in [0.25, 0.3) is 0 Å². The molecule has 0 rings (SSSR count). The molecule has 0 spiro atoms. The minimum absolute atomic E-state index is 0.0802. The van der Waals surface area contributed by atoms with Crippen molar-refractivity contribution >= 4 is 24.2 Å². The Labute approximate surface area is 105 Å². The highest BCUT2D eigenvalue weighted by Gasteiger charge is 2.28. The minimum Gasteiger partial charge on any atom is -0.409 e. The van der Waals surface area contributed by atoms with Crippen LogP contribution in [0, 0.1) is 0 Å². The van der Waals surface area contributed by atoms with Gasteiger partial charge >= 0.3 is 0 Å². The van der Waals surface area contributed by atoms with Crippen LogP contribution in [0.2, 0.25) is 19.6 Å². The zero-order valence-electron chi connectivity index (χ0n) is 10.8. The third kappa shape index (κ3) is 8.23. The molecule has 0 aromatic carbocycles. The van der Waals surface area contributed by atoms with Crippen molar-refractivity contribution in [3.8, 4) is 0 Å². The number of hydrogen-bond acceptors (Lipinski definition) is 1. The van der Waals surface area contributed by atoms with Crippen LogP contribution in [0.15, 0.2) is 11.1 Å². The molecule has 1 atom stereocenters. The van der Waals surface area contributed by atoms with Gasteiger partial charge < -0.3 is 4.43 Å². The average molecular weight is 293 g/mol. The maximum Gasteiger partial charge on any atom is 0.184 e. The van der Waals surface area contributed by atoms with Gasteiger partial charge in [0, 0.05) is 0 Å². The van der Waals surface area contributed by atoms with E-state index < -0.39 is 8.32 Å². The highest BCUT2D eigenvalue weighted by atomic mass is 79.9. The summed E-state index contributed by atoms with van der Waals surface area (Å²) in [5, 5.41) is 0. The van der Waals surface area contributed by atoms with Crippen LogP contribution < -0.4 is 0 Å². The first kappa shape index (κ1) is 15.4. The Morgan fingerprint density at radius 2 is 1.87 bits per heavy atom. The summed E-state index contributed by atoms with van der Waals surface area (Å²) >= 11 is 3.36. The van der Waals surface area contributed by atoms with Crippen LogP contribution in [0.25, 0.3) is 0 Å². The SMILES string of the molecule is CCCCCC(C)(C=CBr)O[Si](C)(C)C. The van der Waals surface area contributed by atoms with Gasteiger partial charge in [-0.1, -0.05) is 42.1 Å². The van der Waals surface area contributed by atoms with Crippen molar-refractivity contribution in [1.29, 1.82) is 0 Å². The number of hydrogen-bond donors (Lipinski definition) is 0. The molecule has 0 amide bonds. The van der Waals surface area contributed by atoms with E-state index in [4.69, 9.17) is 4.43 Å². The molecule has 0 aromatic heterocycles. The minimum atomic E-state index is -1.46. The maximum absolute atomic E-state index is 6.23. The molecule has 0 heterocycles. The molecule has 0 saturated carbocycles. The molecule has 0 N–H and O–H groups in total. The van der Waals surface area contributed by atoms with Crippen LogP contribution in [0.1, 0.15) is 39.5 Å². The van der Waals surface area contributed by atoms with Crippen molar-refractivity contribution < 1.29 is 4.43 Å². The molecule has 0 fully saturated rings. The average Bonchev–Trinajstić information content (AvgIpc) is 2.01. The lowest BCUT2D eigenvalue weighted by molar-refractivity contribution is 0.119. The lowest BCUT2D eigenvalue weighted by Gasteiger charge is -2.34. The first-order chi connectivity index (χ1) is 6.83. The van der Waals surface area contributed by atoms with Crippen LogP contribution in [-0.2, 0) is 4.43 Å². The van der Waals surface area contributed by atoms with E-state index in [1.807, 2.05) is 4.99 Å². The summed E-state index contributed by atoms with van der Waals surface area (Å²) in [6, 6.07) is 0. The lowest BCUT2D eigenvalue weighted by Crippen LogP contribution is -2.39. The number of rotatable bonds is 7. The van der Waals surface area contributed by atoms with Crippen LogP contribution in [0.4, 0.5) is 0 Å².